The topological polar surface area (TPSA) is 52.7 Å². The molecule has 1 saturated heterocycles. The summed E-state index contributed by atoms with van der Waals surface area (Å²) in [4.78, 5) is 28.7. The van der Waals surface area contributed by atoms with Gasteiger partial charge in [-0.05, 0) is 51.2 Å². The van der Waals surface area contributed by atoms with Crippen LogP contribution in [0.1, 0.15) is 57.7 Å². The van der Waals surface area contributed by atoms with Crippen LogP contribution in [0.25, 0.3) is 0 Å². The first kappa shape index (κ1) is 20.3. The smallest absolute Gasteiger partial charge is 0.317 e. The summed E-state index contributed by atoms with van der Waals surface area (Å²) in [5.74, 6) is 0.289. The van der Waals surface area contributed by atoms with E-state index in [0.29, 0.717) is 13.1 Å². The molecule has 5 nitrogen and oxygen atoms in total. The van der Waals surface area contributed by atoms with Gasteiger partial charge in [0.05, 0.1) is 6.04 Å². The lowest BCUT2D eigenvalue weighted by molar-refractivity contribution is -0.136. The van der Waals surface area contributed by atoms with Crippen LogP contribution in [0, 0.1) is 5.92 Å². The van der Waals surface area contributed by atoms with Crippen LogP contribution >= 0.6 is 0 Å². The van der Waals surface area contributed by atoms with Crippen molar-refractivity contribution in [1.82, 2.24) is 15.1 Å². The number of nitrogens with zero attached hydrogens (tertiary/aromatic N) is 2. The Kier molecular flexibility index (Phi) is 7.49. The molecule has 1 aliphatic heterocycles. The lowest BCUT2D eigenvalue weighted by atomic mass is 9.95. The highest BCUT2D eigenvalue weighted by atomic mass is 16.2. The SMILES string of the molecule is CCc1ccc([C@@H](C)NC(=O)N2CCC(C(=O)N(CC)CC)CC2)cc1. The quantitative estimate of drug-likeness (QED) is 0.844. The Morgan fingerprint density at radius 1 is 1.12 bits per heavy atom. The third kappa shape index (κ3) is 4.99. The van der Waals surface area contributed by atoms with Crippen LogP contribution in [-0.4, -0.2) is 47.9 Å². The number of urea groups is 1. The molecule has 144 valence electrons. The number of nitrogens with one attached hydrogen (secondary N) is 1. The van der Waals surface area contributed by atoms with Crippen LogP contribution < -0.4 is 5.32 Å². The van der Waals surface area contributed by atoms with Gasteiger partial charge in [-0.2, -0.15) is 0 Å². The second-order valence-corrected chi connectivity index (χ2v) is 7.04. The molecule has 1 aromatic rings. The summed E-state index contributed by atoms with van der Waals surface area (Å²) in [5, 5.41) is 3.08. The van der Waals surface area contributed by atoms with Crippen molar-refractivity contribution in [1.29, 1.82) is 0 Å². The van der Waals surface area contributed by atoms with Gasteiger partial charge in [0, 0.05) is 32.1 Å². The standard InChI is InChI=1S/C21H33N3O2/c1-5-17-8-10-18(11-9-17)16(4)22-21(26)24-14-12-19(13-15-24)20(25)23(6-2)7-3/h8-11,16,19H,5-7,12-15H2,1-4H3,(H,22,26)/t16-/m1/s1. The first-order chi connectivity index (χ1) is 12.5. The fraction of sp³-hybridized carbons (Fsp3) is 0.619. The van der Waals surface area contributed by atoms with Gasteiger partial charge >= 0.3 is 6.03 Å². The van der Waals surface area contributed by atoms with E-state index in [1.54, 1.807) is 0 Å². The molecular formula is C21H33N3O2. The Morgan fingerprint density at radius 2 is 1.69 bits per heavy atom. The maximum atomic E-state index is 12.5. The summed E-state index contributed by atoms with van der Waals surface area (Å²) in [7, 11) is 0. The van der Waals surface area contributed by atoms with Crippen LogP contribution in [0.2, 0.25) is 0 Å². The average Bonchev–Trinajstić information content (AvgIpc) is 2.68. The largest absolute Gasteiger partial charge is 0.343 e. The van der Waals surface area contributed by atoms with E-state index in [0.717, 1.165) is 37.9 Å². The predicted octanol–water partition coefficient (Wildman–Crippen LogP) is 3.60. The summed E-state index contributed by atoms with van der Waals surface area (Å²) in [6.07, 6.45) is 2.52. The number of aryl methyl sites for hydroxylation is 1. The van der Waals surface area contributed by atoms with Gasteiger partial charge in [0.15, 0.2) is 0 Å². The Labute approximate surface area is 157 Å². The molecular weight excluding hydrogens is 326 g/mol. The monoisotopic (exact) mass is 359 g/mol. The third-order valence-electron chi connectivity index (χ3n) is 5.43. The fourth-order valence-electron chi connectivity index (χ4n) is 3.52. The fourth-order valence-corrected chi connectivity index (χ4v) is 3.52. The van der Waals surface area contributed by atoms with Crippen LogP contribution in [0.4, 0.5) is 4.79 Å². The van der Waals surface area contributed by atoms with Gasteiger partial charge in [-0.3, -0.25) is 4.79 Å². The average molecular weight is 360 g/mol. The number of likely N-dealkylation sites (tertiary alicyclic amines) is 1. The van der Waals surface area contributed by atoms with Gasteiger partial charge in [0.1, 0.15) is 0 Å². The molecule has 1 fully saturated rings. The molecule has 0 spiro atoms. The van der Waals surface area contributed by atoms with Crippen molar-refractivity contribution in [2.75, 3.05) is 26.2 Å². The third-order valence-corrected chi connectivity index (χ3v) is 5.43. The number of carbonyl (C=O) groups excluding carboxylic acids is 2. The zero-order valence-corrected chi connectivity index (χ0v) is 16.6. The summed E-state index contributed by atoms with van der Waals surface area (Å²) in [6.45, 7) is 11.0. The zero-order chi connectivity index (χ0) is 19.1. The minimum absolute atomic E-state index is 0.0246. The molecule has 1 atom stereocenters. The number of hydrogen-bond acceptors (Lipinski definition) is 2. The summed E-state index contributed by atoms with van der Waals surface area (Å²) in [5.41, 5.74) is 2.41. The highest BCUT2D eigenvalue weighted by Gasteiger charge is 2.29. The molecule has 1 aromatic carbocycles. The maximum absolute atomic E-state index is 12.5. The number of carbonyl (C=O) groups is 2. The molecule has 1 N–H and O–H groups in total. The molecule has 2 rings (SSSR count). The molecule has 0 radical (unpaired) electrons. The molecule has 26 heavy (non-hydrogen) atoms. The lowest BCUT2D eigenvalue weighted by Crippen LogP contribution is -2.48. The van der Waals surface area contributed by atoms with Crippen molar-refractivity contribution >= 4 is 11.9 Å². The van der Waals surface area contributed by atoms with Crippen molar-refractivity contribution in [3.05, 3.63) is 35.4 Å². The Bertz CT molecular complexity index is 588. The van der Waals surface area contributed by atoms with Crippen molar-refractivity contribution in [2.45, 2.75) is 53.0 Å². The van der Waals surface area contributed by atoms with Gasteiger partial charge in [-0.15, -0.1) is 0 Å². The molecule has 0 aliphatic carbocycles. The molecule has 3 amide bonds. The molecule has 0 aromatic heterocycles. The van der Waals surface area contributed by atoms with Crippen molar-refractivity contribution in [2.24, 2.45) is 5.92 Å². The molecule has 1 heterocycles. The minimum atomic E-state index is -0.0363. The minimum Gasteiger partial charge on any atom is -0.343 e. The van der Waals surface area contributed by atoms with Gasteiger partial charge in [-0.1, -0.05) is 31.2 Å². The Balaban J connectivity index is 1.84. The van der Waals surface area contributed by atoms with Crippen molar-refractivity contribution in [3.63, 3.8) is 0 Å². The summed E-state index contributed by atoms with van der Waals surface area (Å²) < 4.78 is 0. The maximum Gasteiger partial charge on any atom is 0.317 e. The van der Waals surface area contributed by atoms with E-state index in [9.17, 15) is 9.59 Å². The van der Waals surface area contributed by atoms with E-state index in [4.69, 9.17) is 0 Å². The van der Waals surface area contributed by atoms with E-state index in [2.05, 4.69) is 36.5 Å². The zero-order valence-electron chi connectivity index (χ0n) is 16.6. The molecule has 0 saturated carbocycles. The van der Waals surface area contributed by atoms with Crippen LogP contribution in [0.5, 0.6) is 0 Å². The first-order valence-electron chi connectivity index (χ1n) is 9.93. The lowest BCUT2D eigenvalue weighted by Gasteiger charge is -2.34. The van der Waals surface area contributed by atoms with Crippen molar-refractivity contribution in [3.8, 4) is 0 Å². The second kappa shape index (κ2) is 9.60. The Morgan fingerprint density at radius 3 is 2.19 bits per heavy atom. The first-order valence-corrected chi connectivity index (χ1v) is 9.93. The number of benzene rings is 1. The highest BCUT2D eigenvalue weighted by Crippen LogP contribution is 2.21. The van der Waals surface area contributed by atoms with Crippen LogP contribution in [0.15, 0.2) is 24.3 Å². The van der Waals surface area contributed by atoms with Crippen LogP contribution in [0.3, 0.4) is 0 Å². The molecule has 5 heteroatoms. The number of amides is 3. The van der Waals surface area contributed by atoms with E-state index < -0.39 is 0 Å². The van der Waals surface area contributed by atoms with Crippen molar-refractivity contribution < 1.29 is 9.59 Å². The van der Waals surface area contributed by atoms with E-state index in [1.165, 1.54) is 5.56 Å². The molecule has 0 unspecified atom stereocenters. The summed E-state index contributed by atoms with van der Waals surface area (Å²) >= 11 is 0. The number of hydrogen-bond donors (Lipinski definition) is 1. The predicted molar refractivity (Wildman–Crippen MR) is 105 cm³/mol. The second-order valence-electron chi connectivity index (χ2n) is 7.04. The van der Waals surface area contributed by atoms with Crippen LogP contribution in [-0.2, 0) is 11.2 Å². The molecule has 1 aliphatic rings. The van der Waals surface area contributed by atoms with E-state index in [-0.39, 0.29) is 23.9 Å². The normalized spacial score (nSPS) is 16.2. The highest BCUT2D eigenvalue weighted by molar-refractivity contribution is 5.80. The van der Waals surface area contributed by atoms with E-state index in [1.807, 2.05) is 30.6 Å². The van der Waals surface area contributed by atoms with Gasteiger partial charge < -0.3 is 15.1 Å². The van der Waals surface area contributed by atoms with Gasteiger partial charge in [-0.25, -0.2) is 4.79 Å². The summed E-state index contributed by atoms with van der Waals surface area (Å²) in [6, 6.07) is 8.33. The number of rotatable bonds is 6. The van der Waals surface area contributed by atoms with E-state index >= 15 is 0 Å². The van der Waals surface area contributed by atoms with Gasteiger partial charge in [0.25, 0.3) is 0 Å². The number of piperidine rings is 1. The Hall–Kier alpha value is -2.04. The van der Waals surface area contributed by atoms with Gasteiger partial charge in [0.2, 0.25) is 5.91 Å². The molecule has 0 bridgehead atoms.